The van der Waals surface area contributed by atoms with Gasteiger partial charge < -0.3 is 10.1 Å². The van der Waals surface area contributed by atoms with E-state index in [0.717, 1.165) is 24.2 Å². The summed E-state index contributed by atoms with van der Waals surface area (Å²) in [5.74, 6) is 0. The molecule has 0 fully saturated rings. The third-order valence-corrected chi connectivity index (χ3v) is 2.64. The van der Waals surface area contributed by atoms with E-state index in [2.05, 4.69) is 46.4 Å². The molecule has 88 valence electrons. The highest BCUT2D eigenvalue weighted by molar-refractivity contribution is 9.10. The van der Waals surface area contributed by atoms with Crippen molar-refractivity contribution in [1.82, 2.24) is 5.32 Å². The lowest BCUT2D eigenvalue weighted by atomic mass is 10.1. The topological polar surface area (TPSA) is 21.3 Å². The second-order valence-corrected chi connectivity index (χ2v) is 4.63. The van der Waals surface area contributed by atoms with Crippen LogP contribution in [0.25, 0.3) is 6.08 Å². The Labute approximate surface area is 106 Å². The van der Waals surface area contributed by atoms with Crippen molar-refractivity contribution < 1.29 is 4.74 Å². The Morgan fingerprint density at radius 1 is 1.50 bits per heavy atom. The van der Waals surface area contributed by atoms with Crippen LogP contribution in [0.3, 0.4) is 0 Å². The first-order valence-corrected chi connectivity index (χ1v) is 6.14. The van der Waals surface area contributed by atoms with Crippen molar-refractivity contribution in [3.8, 4) is 0 Å². The van der Waals surface area contributed by atoms with Crippen LogP contribution in [0.1, 0.15) is 12.5 Å². The zero-order valence-electron chi connectivity index (χ0n) is 9.79. The van der Waals surface area contributed by atoms with Crippen LogP contribution in [0.5, 0.6) is 0 Å². The van der Waals surface area contributed by atoms with Gasteiger partial charge in [0, 0.05) is 24.7 Å². The molecule has 0 saturated heterocycles. The van der Waals surface area contributed by atoms with Gasteiger partial charge in [0.2, 0.25) is 0 Å². The molecule has 0 aromatic heterocycles. The van der Waals surface area contributed by atoms with Crippen molar-refractivity contribution in [3.63, 3.8) is 0 Å². The molecule has 1 aromatic carbocycles. The van der Waals surface area contributed by atoms with Crippen LogP contribution in [0, 0.1) is 0 Å². The van der Waals surface area contributed by atoms with Crippen molar-refractivity contribution in [2.75, 3.05) is 26.8 Å². The van der Waals surface area contributed by atoms with Gasteiger partial charge in [-0.25, -0.2) is 0 Å². The molecule has 3 heteroatoms. The largest absolute Gasteiger partial charge is 0.383 e. The number of hydrogen-bond donors (Lipinski definition) is 1. The fraction of sp³-hybridized carbons (Fsp3) is 0.385. The molecule has 0 amide bonds. The van der Waals surface area contributed by atoms with E-state index in [1.54, 1.807) is 7.11 Å². The molecule has 1 N–H and O–H groups in total. The minimum absolute atomic E-state index is 0.754. The van der Waals surface area contributed by atoms with Crippen LogP contribution in [0.4, 0.5) is 0 Å². The first-order valence-electron chi connectivity index (χ1n) is 5.35. The van der Waals surface area contributed by atoms with E-state index in [1.165, 1.54) is 11.1 Å². The third-order valence-electron chi connectivity index (χ3n) is 2.15. The molecule has 0 aliphatic carbocycles. The summed E-state index contributed by atoms with van der Waals surface area (Å²) in [6, 6.07) is 8.28. The molecular weight excluding hydrogens is 266 g/mol. The van der Waals surface area contributed by atoms with E-state index in [9.17, 15) is 0 Å². The molecule has 1 rings (SSSR count). The maximum Gasteiger partial charge on any atom is 0.0587 e. The maximum atomic E-state index is 4.97. The smallest absolute Gasteiger partial charge is 0.0587 e. The maximum absolute atomic E-state index is 4.97. The van der Waals surface area contributed by atoms with E-state index >= 15 is 0 Å². The fourth-order valence-corrected chi connectivity index (χ4v) is 1.81. The molecular formula is C13H18BrNO. The van der Waals surface area contributed by atoms with Gasteiger partial charge in [0.25, 0.3) is 0 Å². The minimum atomic E-state index is 0.754. The Bertz CT molecular complexity index is 350. The van der Waals surface area contributed by atoms with Crippen molar-refractivity contribution in [1.29, 1.82) is 0 Å². The summed E-state index contributed by atoms with van der Waals surface area (Å²) >= 11 is 3.46. The van der Waals surface area contributed by atoms with Gasteiger partial charge in [-0.2, -0.15) is 0 Å². The molecule has 0 heterocycles. The van der Waals surface area contributed by atoms with Gasteiger partial charge in [-0.15, -0.1) is 0 Å². The standard InChI is InChI=1S/C13H18BrNO/c1-11(10-15-6-7-16-2)8-12-4-3-5-13(14)9-12/h3-5,8-9,15H,6-7,10H2,1-2H3. The number of rotatable bonds is 6. The van der Waals surface area contributed by atoms with Crippen LogP contribution >= 0.6 is 15.9 Å². The van der Waals surface area contributed by atoms with Gasteiger partial charge in [0.05, 0.1) is 6.61 Å². The lowest BCUT2D eigenvalue weighted by Crippen LogP contribution is -2.20. The van der Waals surface area contributed by atoms with Gasteiger partial charge in [-0.1, -0.05) is 39.7 Å². The fourth-order valence-electron chi connectivity index (χ4n) is 1.39. The van der Waals surface area contributed by atoms with Crippen LogP contribution in [-0.4, -0.2) is 26.8 Å². The van der Waals surface area contributed by atoms with Gasteiger partial charge >= 0.3 is 0 Å². The molecule has 0 bridgehead atoms. The quantitative estimate of drug-likeness (QED) is 0.811. The predicted molar refractivity (Wildman–Crippen MR) is 72.5 cm³/mol. The summed E-state index contributed by atoms with van der Waals surface area (Å²) in [6.07, 6.45) is 2.19. The summed E-state index contributed by atoms with van der Waals surface area (Å²) in [5.41, 5.74) is 2.54. The first kappa shape index (κ1) is 13.4. The van der Waals surface area contributed by atoms with E-state index in [1.807, 2.05) is 12.1 Å². The van der Waals surface area contributed by atoms with Crippen molar-refractivity contribution >= 4 is 22.0 Å². The third kappa shape index (κ3) is 5.45. The number of halogens is 1. The highest BCUT2D eigenvalue weighted by atomic mass is 79.9. The Balaban J connectivity index is 2.43. The average molecular weight is 284 g/mol. The number of ether oxygens (including phenoxy) is 1. The average Bonchev–Trinajstić information content (AvgIpc) is 2.24. The second-order valence-electron chi connectivity index (χ2n) is 3.72. The molecule has 16 heavy (non-hydrogen) atoms. The molecule has 0 aliphatic heterocycles. The highest BCUT2D eigenvalue weighted by Crippen LogP contribution is 2.14. The minimum Gasteiger partial charge on any atom is -0.383 e. The van der Waals surface area contributed by atoms with Gasteiger partial charge in [0.15, 0.2) is 0 Å². The Morgan fingerprint density at radius 3 is 3.00 bits per heavy atom. The molecule has 0 spiro atoms. The predicted octanol–water partition coefficient (Wildman–Crippen LogP) is 3.09. The Kier molecular flexibility index (Phi) is 6.38. The van der Waals surface area contributed by atoms with Crippen LogP contribution < -0.4 is 5.32 Å². The second kappa shape index (κ2) is 7.60. The highest BCUT2D eigenvalue weighted by Gasteiger charge is 1.93. The molecule has 0 aliphatic rings. The number of benzene rings is 1. The number of methoxy groups -OCH3 is 1. The Hall–Kier alpha value is -0.640. The summed E-state index contributed by atoms with van der Waals surface area (Å²) < 4.78 is 6.08. The Morgan fingerprint density at radius 2 is 2.31 bits per heavy atom. The van der Waals surface area contributed by atoms with Gasteiger partial charge in [-0.05, 0) is 24.6 Å². The van der Waals surface area contributed by atoms with Crippen molar-refractivity contribution in [2.24, 2.45) is 0 Å². The lowest BCUT2D eigenvalue weighted by molar-refractivity contribution is 0.200. The van der Waals surface area contributed by atoms with E-state index in [0.29, 0.717) is 0 Å². The molecule has 1 aromatic rings. The molecule has 0 saturated carbocycles. The summed E-state index contributed by atoms with van der Waals surface area (Å²) in [5, 5.41) is 3.32. The van der Waals surface area contributed by atoms with Crippen molar-refractivity contribution in [3.05, 3.63) is 39.9 Å². The monoisotopic (exact) mass is 283 g/mol. The van der Waals surface area contributed by atoms with E-state index in [-0.39, 0.29) is 0 Å². The zero-order valence-corrected chi connectivity index (χ0v) is 11.4. The SMILES string of the molecule is COCCNCC(C)=Cc1cccc(Br)c1. The van der Waals surface area contributed by atoms with Crippen LogP contribution in [0.2, 0.25) is 0 Å². The van der Waals surface area contributed by atoms with Gasteiger partial charge in [0.1, 0.15) is 0 Å². The molecule has 2 nitrogen and oxygen atoms in total. The summed E-state index contributed by atoms with van der Waals surface area (Å²) in [6.45, 7) is 4.67. The first-order chi connectivity index (χ1) is 7.72. The van der Waals surface area contributed by atoms with Crippen LogP contribution in [-0.2, 0) is 4.74 Å². The number of hydrogen-bond acceptors (Lipinski definition) is 2. The molecule has 0 atom stereocenters. The summed E-state index contributed by atoms with van der Waals surface area (Å²) in [7, 11) is 1.71. The molecule has 0 radical (unpaired) electrons. The van der Waals surface area contributed by atoms with E-state index < -0.39 is 0 Å². The lowest BCUT2D eigenvalue weighted by Gasteiger charge is -2.04. The van der Waals surface area contributed by atoms with Gasteiger partial charge in [-0.3, -0.25) is 0 Å². The van der Waals surface area contributed by atoms with E-state index in [4.69, 9.17) is 4.74 Å². The normalized spacial score (nSPS) is 11.8. The zero-order chi connectivity index (χ0) is 11.8. The molecule has 0 unspecified atom stereocenters. The van der Waals surface area contributed by atoms with Crippen molar-refractivity contribution in [2.45, 2.75) is 6.92 Å². The number of nitrogens with one attached hydrogen (secondary N) is 1. The van der Waals surface area contributed by atoms with Crippen LogP contribution in [0.15, 0.2) is 34.3 Å². The summed E-state index contributed by atoms with van der Waals surface area (Å²) in [4.78, 5) is 0.